The smallest absolute Gasteiger partial charge is 0.335 e. The zero-order valence-electron chi connectivity index (χ0n) is 17.7. The summed E-state index contributed by atoms with van der Waals surface area (Å²) in [5, 5.41) is 0. The lowest BCUT2D eigenvalue weighted by molar-refractivity contribution is -0.132. The van der Waals surface area contributed by atoms with Gasteiger partial charge in [-0.05, 0) is 41.0 Å². The van der Waals surface area contributed by atoms with Crippen LogP contribution in [0, 0.1) is 11.6 Å². The van der Waals surface area contributed by atoms with E-state index in [1.807, 2.05) is 0 Å². The minimum atomic E-state index is -0.633. The third-order valence-electron chi connectivity index (χ3n) is 4.40. The summed E-state index contributed by atoms with van der Waals surface area (Å²) in [4.78, 5) is 10.9. The summed E-state index contributed by atoms with van der Waals surface area (Å²) in [5.41, 5.74) is 2.42. The van der Waals surface area contributed by atoms with Crippen LogP contribution in [0.2, 0.25) is 0 Å². The summed E-state index contributed by atoms with van der Waals surface area (Å²) in [7, 11) is 1.46. The first-order valence-electron chi connectivity index (χ1n) is 9.71. The van der Waals surface area contributed by atoms with Gasteiger partial charge in [-0.25, -0.2) is 13.6 Å². The van der Waals surface area contributed by atoms with Crippen LogP contribution in [0.3, 0.4) is 0 Å². The van der Waals surface area contributed by atoms with E-state index < -0.39 is 17.6 Å². The third kappa shape index (κ3) is 6.30. The molecule has 0 radical (unpaired) electrons. The SMILES string of the molecule is C=CC(=O)O/C=C\Oc1ccc(-c2ccc(-c3ccc(O/C=C\OC)c(F)c3)cc2)c(F)c1. The van der Waals surface area contributed by atoms with Crippen LogP contribution in [0.5, 0.6) is 11.5 Å². The Hall–Kier alpha value is -4.39. The fourth-order valence-electron chi connectivity index (χ4n) is 2.83. The molecular formula is C26H20F2O5. The van der Waals surface area contributed by atoms with Crippen LogP contribution in [0.1, 0.15) is 0 Å². The monoisotopic (exact) mass is 450 g/mol. The molecule has 0 unspecified atom stereocenters. The average Bonchev–Trinajstić information content (AvgIpc) is 2.83. The molecule has 3 rings (SSSR count). The van der Waals surface area contributed by atoms with Gasteiger partial charge in [0, 0.05) is 17.7 Å². The normalized spacial score (nSPS) is 10.9. The Kier molecular flexibility index (Phi) is 7.96. The molecule has 0 saturated carbocycles. The van der Waals surface area contributed by atoms with Crippen molar-refractivity contribution in [2.45, 2.75) is 0 Å². The van der Waals surface area contributed by atoms with Crippen molar-refractivity contribution in [3.63, 3.8) is 0 Å². The lowest BCUT2D eigenvalue weighted by Gasteiger charge is -2.09. The van der Waals surface area contributed by atoms with Crippen molar-refractivity contribution in [3.8, 4) is 33.8 Å². The van der Waals surface area contributed by atoms with Crippen molar-refractivity contribution in [2.75, 3.05) is 7.11 Å². The predicted molar refractivity (Wildman–Crippen MR) is 120 cm³/mol. The Labute approximate surface area is 189 Å². The molecule has 0 saturated heterocycles. The van der Waals surface area contributed by atoms with Crippen LogP contribution in [0.4, 0.5) is 8.78 Å². The van der Waals surface area contributed by atoms with E-state index in [2.05, 4.69) is 11.3 Å². The summed E-state index contributed by atoms with van der Waals surface area (Å²) in [6, 6.07) is 16.0. The van der Waals surface area contributed by atoms with E-state index in [-0.39, 0.29) is 11.5 Å². The molecule has 0 spiro atoms. The van der Waals surface area contributed by atoms with Gasteiger partial charge in [-0.3, -0.25) is 0 Å². The first-order valence-corrected chi connectivity index (χ1v) is 9.71. The number of benzene rings is 3. The summed E-state index contributed by atoms with van der Waals surface area (Å²) < 4.78 is 48.6. The molecule has 0 aliphatic carbocycles. The minimum absolute atomic E-state index is 0.0711. The summed E-state index contributed by atoms with van der Waals surface area (Å²) in [6.07, 6.45) is 5.69. The number of hydrogen-bond acceptors (Lipinski definition) is 5. The maximum atomic E-state index is 14.6. The van der Waals surface area contributed by atoms with Crippen molar-refractivity contribution < 1.29 is 32.5 Å². The van der Waals surface area contributed by atoms with Gasteiger partial charge < -0.3 is 18.9 Å². The molecule has 0 aliphatic rings. The maximum Gasteiger partial charge on any atom is 0.335 e. The number of carbonyl (C=O) groups is 1. The Morgan fingerprint density at radius 3 is 2.15 bits per heavy atom. The molecule has 0 N–H and O–H groups in total. The lowest BCUT2D eigenvalue weighted by atomic mass is 10.00. The fraction of sp³-hybridized carbons (Fsp3) is 0.0385. The van der Waals surface area contributed by atoms with E-state index in [9.17, 15) is 13.6 Å². The molecule has 0 fully saturated rings. The minimum Gasteiger partial charge on any atom is -0.501 e. The van der Waals surface area contributed by atoms with Crippen molar-refractivity contribution >= 4 is 5.97 Å². The van der Waals surface area contributed by atoms with Crippen molar-refractivity contribution in [3.05, 3.63) is 110 Å². The van der Waals surface area contributed by atoms with Gasteiger partial charge in [-0.15, -0.1) is 0 Å². The molecule has 0 atom stereocenters. The number of halogens is 2. The van der Waals surface area contributed by atoms with Crippen LogP contribution in [-0.4, -0.2) is 13.1 Å². The van der Waals surface area contributed by atoms with Gasteiger partial charge in [0.1, 0.15) is 36.6 Å². The van der Waals surface area contributed by atoms with Gasteiger partial charge in [0.05, 0.1) is 7.11 Å². The Morgan fingerprint density at radius 1 is 0.788 bits per heavy atom. The maximum absolute atomic E-state index is 14.6. The highest BCUT2D eigenvalue weighted by Gasteiger charge is 2.09. The van der Waals surface area contributed by atoms with Crippen molar-refractivity contribution in [1.29, 1.82) is 0 Å². The lowest BCUT2D eigenvalue weighted by Crippen LogP contribution is -1.93. The van der Waals surface area contributed by atoms with E-state index >= 15 is 0 Å². The van der Waals surface area contributed by atoms with Gasteiger partial charge in [-0.2, -0.15) is 0 Å². The van der Waals surface area contributed by atoms with E-state index in [1.165, 1.54) is 37.8 Å². The topological polar surface area (TPSA) is 54.0 Å². The highest BCUT2D eigenvalue weighted by Crippen LogP contribution is 2.30. The molecule has 3 aromatic rings. The summed E-state index contributed by atoms with van der Waals surface area (Å²) in [6.45, 7) is 3.26. The molecule has 0 bridgehead atoms. The molecule has 168 valence electrons. The second kappa shape index (κ2) is 11.3. The Balaban J connectivity index is 1.71. The average molecular weight is 450 g/mol. The Bertz CT molecular complexity index is 1180. The quantitative estimate of drug-likeness (QED) is 0.215. The van der Waals surface area contributed by atoms with Crippen LogP contribution < -0.4 is 9.47 Å². The van der Waals surface area contributed by atoms with Crippen LogP contribution in [0.15, 0.2) is 98.4 Å². The van der Waals surface area contributed by atoms with E-state index in [4.69, 9.17) is 14.2 Å². The van der Waals surface area contributed by atoms with E-state index in [0.717, 1.165) is 24.2 Å². The molecule has 7 heteroatoms. The van der Waals surface area contributed by atoms with E-state index in [0.29, 0.717) is 16.7 Å². The van der Waals surface area contributed by atoms with Crippen molar-refractivity contribution in [1.82, 2.24) is 0 Å². The largest absolute Gasteiger partial charge is 0.501 e. The van der Waals surface area contributed by atoms with Gasteiger partial charge in [0.2, 0.25) is 0 Å². The number of hydrogen-bond donors (Lipinski definition) is 0. The van der Waals surface area contributed by atoms with E-state index in [1.54, 1.807) is 42.5 Å². The van der Waals surface area contributed by atoms with Gasteiger partial charge in [0.15, 0.2) is 11.6 Å². The van der Waals surface area contributed by atoms with Gasteiger partial charge >= 0.3 is 5.97 Å². The second-order valence-electron chi connectivity index (χ2n) is 6.52. The fourth-order valence-corrected chi connectivity index (χ4v) is 2.83. The second-order valence-corrected chi connectivity index (χ2v) is 6.52. The predicted octanol–water partition coefficient (Wildman–Crippen LogP) is 6.37. The number of esters is 1. The number of carbonyl (C=O) groups excluding carboxylic acids is 1. The van der Waals surface area contributed by atoms with Gasteiger partial charge in [-0.1, -0.05) is 36.9 Å². The number of rotatable bonds is 9. The third-order valence-corrected chi connectivity index (χ3v) is 4.40. The summed E-state index contributed by atoms with van der Waals surface area (Å²) >= 11 is 0. The van der Waals surface area contributed by atoms with Crippen LogP contribution in [-0.2, 0) is 14.3 Å². The molecule has 33 heavy (non-hydrogen) atoms. The molecular weight excluding hydrogens is 430 g/mol. The first kappa shape index (κ1) is 23.3. The summed E-state index contributed by atoms with van der Waals surface area (Å²) in [5.74, 6) is -1.34. The standard InChI is InChI=1S/C26H20F2O5/c1-3-26(29)33-15-14-31-21-9-10-22(23(27)17-21)19-6-4-18(5-7-19)20-8-11-25(24(28)16-20)32-13-12-30-2/h3-17H,1H2,2H3/b13-12-,15-14-. The Morgan fingerprint density at radius 2 is 1.48 bits per heavy atom. The molecule has 5 nitrogen and oxygen atoms in total. The first-order chi connectivity index (χ1) is 16.0. The van der Waals surface area contributed by atoms with Crippen LogP contribution >= 0.6 is 0 Å². The molecule has 0 amide bonds. The zero-order chi connectivity index (χ0) is 23.6. The molecule has 0 heterocycles. The number of methoxy groups -OCH3 is 1. The van der Waals surface area contributed by atoms with Crippen LogP contribution in [0.25, 0.3) is 22.3 Å². The van der Waals surface area contributed by atoms with Gasteiger partial charge in [0.25, 0.3) is 0 Å². The molecule has 3 aromatic carbocycles. The zero-order valence-corrected chi connectivity index (χ0v) is 17.7. The molecule has 0 aliphatic heterocycles. The highest BCUT2D eigenvalue weighted by atomic mass is 19.1. The van der Waals surface area contributed by atoms with Crippen molar-refractivity contribution in [2.24, 2.45) is 0 Å². The number of ether oxygens (including phenoxy) is 4. The molecule has 0 aromatic heterocycles. The highest BCUT2D eigenvalue weighted by molar-refractivity contribution is 5.81.